The van der Waals surface area contributed by atoms with Crippen LogP contribution in [0.4, 0.5) is 0 Å². The van der Waals surface area contributed by atoms with Gasteiger partial charge in [0.25, 0.3) is 0 Å². The average Bonchev–Trinajstić information content (AvgIpc) is 2.67. The number of benzene rings is 1. The Morgan fingerprint density at radius 3 is 2.33 bits per heavy atom. The van der Waals surface area contributed by atoms with Gasteiger partial charge in [-0.25, -0.2) is 8.42 Å². The first-order valence-corrected chi connectivity index (χ1v) is 12.5. The summed E-state index contributed by atoms with van der Waals surface area (Å²) in [6.07, 6.45) is 7.64. The molecule has 0 heterocycles. The van der Waals surface area contributed by atoms with Crippen LogP contribution in [0.2, 0.25) is 0 Å². The number of likely N-dealkylation sites (N-methyl/N-ethyl adjacent to an activating group) is 1. The number of rotatable bonds is 7. The Labute approximate surface area is 179 Å². The fourth-order valence-electron chi connectivity index (χ4n) is 6.51. The fraction of sp³-hybridized carbons (Fsp3) is 0.652. The fourth-order valence-corrected chi connectivity index (χ4v) is 7.69. The van der Waals surface area contributed by atoms with Crippen LogP contribution in [0, 0.1) is 34.5 Å². The number of hydrogen-bond donors (Lipinski definition) is 1. The van der Waals surface area contributed by atoms with Crippen LogP contribution in [-0.2, 0) is 20.6 Å². The second-order valence-corrected chi connectivity index (χ2v) is 11.9. The van der Waals surface area contributed by atoms with E-state index in [0.717, 1.165) is 22.1 Å². The van der Waals surface area contributed by atoms with E-state index < -0.39 is 10.0 Å². The molecule has 0 saturated heterocycles. The Bertz CT molecular complexity index is 931. The third-order valence-electron chi connectivity index (χ3n) is 7.70. The molecule has 4 fully saturated rings. The van der Waals surface area contributed by atoms with Crippen molar-refractivity contribution in [3.8, 4) is 6.07 Å². The van der Waals surface area contributed by atoms with Crippen molar-refractivity contribution in [2.24, 2.45) is 23.2 Å². The van der Waals surface area contributed by atoms with E-state index in [2.05, 4.69) is 12.2 Å². The number of hydrogen-bond acceptors (Lipinski definition) is 4. The summed E-state index contributed by atoms with van der Waals surface area (Å²) in [5, 5.41) is 12.3. The Morgan fingerprint density at radius 2 is 1.77 bits per heavy atom. The van der Waals surface area contributed by atoms with Crippen molar-refractivity contribution in [3.63, 3.8) is 0 Å². The summed E-state index contributed by atoms with van der Waals surface area (Å²) >= 11 is 0. The average molecular weight is 430 g/mol. The molecule has 6 nitrogen and oxygen atoms in total. The van der Waals surface area contributed by atoms with E-state index in [1.165, 1.54) is 45.6 Å². The van der Waals surface area contributed by atoms with Gasteiger partial charge in [-0.1, -0.05) is 18.2 Å². The summed E-state index contributed by atoms with van der Waals surface area (Å²) in [6.45, 7) is 1.90. The van der Waals surface area contributed by atoms with Gasteiger partial charge in [0.2, 0.25) is 15.9 Å². The van der Waals surface area contributed by atoms with E-state index in [1.807, 2.05) is 6.07 Å². The van der Waals surface area contributed by atoms with Crippen LogP contribution in [0.3, 0.4) is 0 Å². The molecule has 0 aliphatic heterocycles. The Kier molecular flexibility index (Phi) is 5.67. The van der Waals surface area contributed by atoms with Gasteiger partial charge in [0.05, 0.1) is 23.9 Å². The topological polar surface area (TPSA) is 90.3 Å². The molecule has 30 heavy (non-hydrogen) atoms. The molecule has 4 aliphatic carbocycles. The van der Waals surface area contributed by atoms with E-state index in [9.17, 15) is 18.5 Å². The lowest BCUT2D eigenvalue weighted by molar-refractivity contribution is -0.125. The monoisotopic (exact) mass is 429 g/mol. The van der Waals surface area contributed by atoms with Crippen molar-refractivity contribution >= 4 is 15.9 Å². The summed E-state index contributed by atoms with van der Waals surface area (Å²) < 4.78 is 26.6. The van der Waals surface area contributed by atoms with Crippen LogP contribution in [0.5, 0.6) is 0 Å². The minimum atomic E-state index is -3.70. The Morgan fingerprint density at radius 1 is 1.20 bits per heavy atom. The molecule has 162 valence electrons. The molecular formula is C23H31N3O3S. The first-order valence-electron chi connectivity index (χ1n) is 10.9. The molecule has 1 atom stereocenters. The summed E-state index contributed by atoms with van der Waals surface area (Å²) in [7, 11) is -2.27. The van der Waals surface area contributed by atoms with Crippen LogP contribution in [0.25, 0.3) is 0 Å². The van der Waals surface area contributed by atoms with Crippen molar-refractivity contribution < 1.29 is 13.2 Å². The smallest absolute Gasteiger partial charge is 0.235 e. The molecule has 4 saturated carbocycles. The Balaban J connectivity index is 1.37. The summed E-state index contributed by atoms with van der Waals surface area (Å²) in [5.41, 5.74) is 0.983. The van der Waals surface area contributed by atoms with Crippen LogP contribution >= 0.6 is 0 Å². The maximum Gasteiger partial charge on any atom is 0.235 e. The second-order valence-electron chi connectivity index (χ2n) is 9.85. The van der Waals surface area contributed by atoms with Gasteiger partial charge in [-0.3, -0.25) is 4.79 Å². The minimum absolute atomic E-state index is 0.0637. The molecule has 0 radical (unpaired) electrons. The molecule has 1 aromatic carbocycles. The summed E-state index contributed by atoms with van der Waals surface area (Å²) in [4.78, 5) is 12.7. The third kappa shape index (κ3) is 4.13. The zero-order chi connectivity index (χ0) is 21.5. The predicted molar refractivity (Wildman–Crippen MR) is 115 cm³/mol. The van der Waals surface area contributed by atoms with Gasteiger partial charge in [0.1, 0.15) is 0 Å². The van der Waals surface area contributed by atoms with Crippen molar-refractivity contribution in [2.45, 2.75) is 57.2 Å². The maximum atomic E-state index is 12.7. The molecule has 5 rings (SSSR count). The van der Waals surface area contributed by atoms with Crippen molar-refractivity contribution in [2.75, 3.05) is 13.6 Å². The normalized spacial score (nSPS) is 30.8. The van der Waals surface area contributed by atoms with Gasteiger partial charge in [-0.15, -0.1) is 0 Å². The summed E-state index contributed by atoms with van der Waals surface area (Å²) in [5.74, 6) is 1.87. The molecule has 7 heteroatoms. The third-order valence-corrected chi connectivity index (χ3v) is 9.45. The lowest BCUT2D eigenvalue weighted by Crippen LogP contribution is -2.56. The molecule has 4 bridgehead atoms. The van der Waals surface area contributed by atoms with Crippen LogP contribution in [0.1, 0.15) is 56.6 Å². The Hall–Kier alpha value is -1.91. The first kappa shape index (κ1) is 21.3. The molecule has 0 unspecified atom stereocenters. The molecule has 1 aromatic rings. The number of nitriles is 1. The van der Waals surface area contributed by atoms with Gasteiger partial charge in [0.15, 0.2) is 0 Å². The highest BCUT2D eigenvalue weighted by Gasteiger charge is 2.53. The van der Waals surface area contributed by atoms with Crippen LogP contribution < -0.4 is 5.32 Å². The lowest BCUT2D eigenvalue weighted by Gasteiger charge is -2.59. The quantitative estimate of drug-likeness (QED) is 0.721. The number of carbonyl (C=O) groups excluding carboxylic acids is 1. The SMILES string of the molecule is C[C@@H](NC(=O)CN(C)S(=O)(=O)Cc1ccccc1C#N)C12CC3CC(CC(C3)C1)C2. The van der Waals surface area contributed by atoms with E-state index in [0.29, 0.717) is 11.1 Å². The van der Waals surface area contributed by atoms with E-state index in [4.69, 9.17) is 0 Å². The number of nitrogens with zero attached hydrogens (tertiary/aromatic N) is 2. The highest BCUT2D eigenvalue weighted by molar-refractivity contribution is 7.88. The van der Waals surface area contributed by atoms with E-state index >= 15 is 0 Å². The number of carbonyl (C=O) groups is 1. The van der Waals surface area contributed by atoms with Gasteiger partial charge in [0, 0.05) is 13.1 Å². The van der Waals surface area contributed by atoms with Crippen LogP contribution in [-0.4, -0.2) is 38.3 Å². The second kappa shape index (κ2) is 7.97. The predicted octanol–water partition coefficient (Wildman–Crippen LogP) is 3.04. The zero-order valence-corrected chi connectivity index (χ0v) is 18.6. The van der Waals surface area contributed by atoms with Crippen molar-refractivity contribution in [1.82, 2.24) is 9.62 Å². The van der Waals surface area contributed by atoms with E-state index in [1.54, 1.807) is 24.3 Å². The molecule has 0 aromatic heterocycles. The zero-order valence-electron chi connectivity index (χ0n) is 17.8. The molecule has 0 spiro atoms. The molecular weight excluding hydrogens is 398 g/mol. The van der Waals surface area contributed by atoms with Crippen LogP contribution in [0.15, 0.2) is 24.3 Å². The first-order chi connectivity index (χ1) is 14.2. The molecule has 4 aliphatic rings. The largest absolute Gasteiger partial charge is 0.352 e. The van der Waals surface area contributed by atoms with E-state index in [-0.39, 0.29) is 29.7 Å². The van der Waals surface area contributed by atoms with Crippen molar-refractivity contribution in [1.29, 1.82) is 5.26 Å². The minimum Gasteiger partial charge on any atom is -0.352 e. The van der Waals surface area contributed by atoms with Crippen molar-refractivity contribution in [3.05, 3.63) is 35.4 Å². The number of sulfonamides is 1. The standard InChI is InChI=1S/C23H31N3O3S/c1-16(23-10-17-7-18(11-23)9-19(8-17)12-23)25-22(27)14-26(2)30(28,29)15-21-6-4-3-5-20(21)13-24/h3-6,16-19H,7-12,14-15H2,1-2H3,(H,25,27)/t16-,17?,18?,19?,23?/m1/s1. The highest BCUT2D eigenvalue weighted by atomic mass is 32.2. The van der Waals surface area contributed by atoms with Gasteiger partial charge in [-0.2, -0.15) is 9.57 Å². The van der Waals surface area contributed by atoms with Gasteiger partial charge < -0.3 is 5.32 Å². The maximum absolute atomic E-state index is 12.7. The molecule has 1 N–H and O–H groups in total. The highest BCUT2D eigenvalue weighted by Crippen LogP contribution is 2.61. The molecule has 1 amide bonds. The summed E-state index contributed by atoms with van der Waals surface area (Å²) in [6, 6.07) is 8.75. The number of nitrogens with one attached hydrogen (secondary N) is 1. The lowest BCUT2D eigenvalue weighted by atomic mass is 9.48. The number of amides is 1. The van der Waals surface area contributed by atoms with Gasteiger partial charge in [-0.05, 0) is 80.2 Å². The van der Waals surface area contributed by atoms with Gasteiger partial charge >= 0.3 is 0 Å².